The van der Waals surface area contributed by atoms with Crippen LogP contribution in [-0.2, 0) is 11.4 Å². The number of hydrogen-bond acceptors (Lipinski definition) is 4. The van der Waals surface area contributed by atoms with Crippen LogP contribution in [0, 0.1) is 5.82 Å². The van der Waals surface area contributed by atoms with E-state index in [0.29, 0.717) is 23.0 Å². The van der Waals surface area contributed by atoms with Crippen molar-refractivity contribution < 1.29 is 19.0 Å². The fraction of sp³-hybridized carbons (Fsp3) is 0.333. The van der Waals surface area contributed by atoms with Gasteiger partial charge < -0.3 is 14.7 Å². The Kier molecular flexibility index (Phi) is 5.50. The quantitative estimate of drug-likeness (QED) is 0.816. The SMILES string of the molecule is O=C(O)CCN1CC(c2cccc(OCc3ccc(Cl)cc3F)n2)C1. The predicted molar refractivity (Wildman–Crippen MR) is 91.4 cm³/mol. The lowest BCUT2D eigenvalue weighted by atomic mass is 9.95. The van der Waals surface area contributed by atoms with Gasteiger partial charge in [-0.05, 0) is 18.2 Å². The molecular weight excluding hydrogens is 347 g/mol. The molecule has 0 aliphatic carbocycles. The first kappa shape index (κ1) is 17.6. The maximum Gasteiger partial charge on any atom is 0.304 e. The van der Waals surface area contributed by atoms with E-state index >= 15 is 0 Å². The first-order valence-electron chi connectivity index (χ1n) is 7.99. The maximum atomic E-state index is 13.8. The molecule has 1 fully saturated rings. The summed E-state index contributed by atoms with van der Waals surface area (Å²) in [6.45, 7) is 2.21. The Morgan fingerprint density at radius 3 is 2.88 bits per heavy atom. The van der Waals surface area contributed by atoms with Crippen molar-refractivity contribution in [1.29, 1.82) is 0 Å². The lowest BCUT2D eigenvalue weighted by Gasteiger charge is -2.38. The number of rotatable bonds is 7. The predicted octanol–water partition coefficient (Wildman–Crippen LogP) is 3.33. The van der Waals surface area contributed by atoms with Crippen LogP contribution in [-0.4, -0.2) is 40.6 Å². The minimum Gasteiger partial charge on any atom is -0.481 e. The minimum absolute atomic E-state index is 0.0782. The molecule has 0 atom stereocenters. The molecule has 0 saturated carbocycles. The lowest BCUT2D eigenvalue weighted by Crippen LogP contribution is -2.46. The number of aromatic nitrogens is 1. The molecule has 7 heteroatoms. The molecule has 25 heavy (non-hydrogen) atoms. The number of ether oxygens (including phenoxy) is 1. The molecule has 5 nitrogen and oxygen atoms in total. The van der Waals surface area contributed by atoms with Crippen molar-refractivity contribution in [3.05, 3.63) is 58.5 Å². The fourth-order valence-electron chi connectivity index (χ4n) is 2.72. The van der Waals surface area contributed by atoms with Gasteiger partial charge in [-0.3, -0.25) is 4.79 Å². The molecule has 0 spiro atoms. The molecule has 1 aliphatic rings. The van der Waals surface area contributed by atoms with Crippen LogP contribution in [0.25, 0.3) is 0 Å². The maximum absolute atomic E-state index is 13.8. The van der Waals surface area contributed by atoms with E-state index in [-0.39, 0.29) is 18.9 Å². The zero-order valence-electron chi connectivity index (χ0n) is 13.5. The molecule has 1 aromatic heterocycles. The lowest BCUT2D eigenvalue weighted by molar-refractivity contribution is -0.137. The van der Waals surface area contributed by atoms with Gasteiger partial charge in [-0.15, -0.1) is 0 Å². The summed E-state index contributed by atoms with van der Waals surface area (Å²) in [4.78, 5) is 17.1. The summed E-state index contributed by atoms with van der Waals surface area (Å²) in [5.41, 5.74) is 1.32. The highest BCUT2D eigenvalue weighted by molar-refractivity contribution is 6.30. The Hall–Kier alpha value is -2.18. The molecule has 1 aliphatic heterocycles. The number of hydrogen-bond donors (Lipinski definition) is 1. The highest BCUT2D eigenvalue weighted by Gasteiger charge is 2.29. The van der Waals surface area contributed by atoms with Crippen LogP contribution in [0.15, 0.2) is 36.4 Å². The molecule has 132 valence electrons. The van der Waals surface area contributed by atoms with Crippen molar-refractivity contribution >= 4 is 17.6 Å². The van der Waals surface area contributed by atoms with Crippen molar-refractivity contribution in [3.8, 4) is 5.88 Å². The second-order valence-corrected chi connectivity index (χ2v) is 6.46. The fourth-order valence-corrected chi connectivity index (χ4v) is 2.88. The number of aliphatic carboxylic acids is 1. The topological polar surface area (TPSA) is 62.7 Å². The Labute approximate surface area is 150 Å². The zero-order valence-corrected chi connectivity index (χ0v) is 14.2. The molecule has 0 amide bonds. The summed E-state index contributed by atoms with van der Waals surface area (Å²) < 4.78 is 19.4. The van der Waals surface area contributed by atoms with Gasteiger partial charge in [-0.25, -0.2) is 9.37 Å². The summed E-state index contributed by atoms with van der Waals surface area (Å²) in [6.07, 6.45) is 0.149. The summed E-state index contributed by atoms with van der Waals surface area (Å²) in [7, 11) is 0. The van der Waals surface area contributed by atoms with Gasteiger partial charge in [0.15, 0.2) is 0 Å². The molecule has 0 unspecified atom stereocenters. The average molecular weight is 365 g/mol. The van der Waals surface area contributed by atoms with Gasteiger partial charge in [0.1, 0.15) is 12.4 Å². The van der Waals surface area contributed by atoms with Crippen LogP contribution < -0.4 is 4.74 Å². The highest BCUT2D eigenvalue weighted by Crippen LogP contribution is 2.27. The average Bonchev–Trinajstić information content (AvgIpc) is 2.53. The first-order valence-corrected chi connectivity index (χ1v) is 8.37. The van der Waals surface area contributed by atoms with E-state index in [2.05, 4.69) is 9.88 Å². The van der Waals surface area contributed by atoms with Gasteiger partial charge in [0.05, 0.1) is 12.1 Å². The molecule has 2 heterocycles. The Balaban J connectivity index is 1.54. The van der Waals surface area contributed by atoms with Crippen molar-refractivity contribution in [2.75, 3.05) is 19.6 Å². The number of carboxylic acid groups (broad SMARTS) is 1. The number of carboxylic acids is 1. The Morgan fingerprint density at radius 1 is 1.36 bits per heavy atom. The Morgan fingerprint density at radius 2 is 2.16 bits per heavy atom. The van der Waals surface area contributed by atoms with E-state index in [1.165, 1.54) is 6.07 Å². The van der Waals surface area contributed by atoms with Gasteiger partial charge in [0.25, 0.3) is 0 Å². The third kappa shape index (κ3) is 4.67. The smallest absolute Gasteiger partial charge is 0.304 e. The number of halogens is 2. The largest absolute Gasteiger partial charge is 0.481 e. The van der Waals surface area contributed by atoms with Crippen molar-refractivity contribution in [3.63, 3.8) is 0 Å². The molecular formula is C18H18ClFN2O3. The summed E-state index contributed by atoms with van der Waals surface area (Å²) in [5.74, 6) is -0.483. The number of nitrogens with zero attached hydrogens (tertiary/aromatic N) is 2. The van der Waals surface area contributed by atoms with Crippen LogP contribution in [0.3, 0.4) is 0 Å². The molecule has 2 aromatic rings. The van der Waals surface area contributed by atoms with Crippen molar-refractivity contribution in [2.24, 2.45) is 0 Å². The van der Waals surface area contributed by atoms with Crippen LogP contribution >= 0.6 is 11.6 Å². The molecule has 0 bridgehead atoms. The second kappa shape index (κ2) is 7.80. The van der Waals surface area contributed by atoms with Crippen molar-refractivity contribution in [1.82, 2.24) is 9.88 Å². The molecule has 1 aromatic carbocycles. The van der Waals surface area contributed by atoms with Gasteiger partial charge in [-0.2, -0.15) is 0 Å². The highest BCUT2D eigenvalue weighted by atomic mass is 35.5. The van der Waals surface area contributed by atoms with Crippen molar-refractivity contribution in [2.45, 2.75) is 18.9 Å². The Bertz CT molecular complexity index is 766. The normalized spacial score (nSPS) is 15.0. The molecule has 1 N–H and O–H groups in total. The van der Waals surface area contributed by atoms with E-state index in [1.807, 2.05) is 12.1 Å². The summed E-state index contributed by atoms with van der Waals surface area (Å²) >= 11 is 5.73. The standard InChI is InChI=1S/C18H18ClFN2O3/c19-14-5-4-12(15(20)8-14)11-25-17-3-1-2-16(21-17)13-9-22(10-13)7-6-18(23)24/h1-5,8,13H,6-7,9-11H2,(H,23,24). The van der Waals surface area contributed by atoms with E-state index in [9.17, 15) is 9.18 Å². The summed E-state index contributed by atoms with van der Waals surface area (Å²) in [6, 6.07) is 9.98. The van der Waals surface area contributed by atoms with E-state index in [4.69, 9.17) is 21.4 Å². The van der Waals surface area contributed by atoms with Crippen LogP contribution in [0.5, 0.6) is 5.88 Å². The number of likely N-dealkylation sites (tertiary alicyclic amines) is 1. The second-order valence-electron chi connectivity index (χ2n) is 6.03. The van der Waals surface area contributed by atoms with E-state index in [1.54, 1.807) is 18.2 Å². The van der Waals surface area contributed by atoms with E-state index < -0.39 is 11.8 Å². The molecule has 3 rings (SSSR count). The monoisotopic (exact) mass is 364 g/mol. The number of pyridine rings is 1. The van der Waals surface area contributed by atoms with Gasteiger partial charge in [-0.1, -0.05) is 23.7 Å². The third-order valence-corrected chi connectivity index (χ3v) is 4.39. The third-order valence-electron chi connectivity index (χ3n) is 4.15. The number of benzene rings is 1. The van der Waals surface area contributed by atoms with Crippen LogP contribution in [0.2, 0.25) is 5.02 Å². The van der Waals surface area contributed by atoms with Crippen LogP contribution in [0.4, 0.5) is 4.39 Å². The van der Waals surface area contributed by atoms with E-state index in [0.717, 1.165) is 18.8 Å². The van der Waals surface area contributed by atoms with Gasteiger partial charge in [0, 0.05) is 42.2 Å². The molecule has 1 saturated heterocycles. The number of carbonyl (C=O) groups is 1. The zero-order chi connectivity index (χ0) is 17.8. The van der Waals surface area contributed by atoms with Gasteiger partial charge in [0.2, 0.25) is 5.88 Å². The van der Waals surface area contributed by atoms with Crippen LogP contribution in [0.1, 0.15) is 23.6 Å². The first-order chi connectivity index (χ1) is 12.0. The molecule has 0 radical (unpaired) electrons. The van der Waals surface area contributed by atoms with Gasteiger partial charge >= 0.3 is 5.97 Å². The minimum atomic E-state index is -0.786. The summed E-state index contributed by atoms with van der Waals surface area (Å²) in [5, 5.41) is 9.05.